The number of piperidine rings is 1. The molecule has 2 aromatic carbocycles. The zero-order chi connectivity index (χ0) is 22.0. The minimum atomic E-state index is -0.358. The van der Waals surface area contributed by atoms with Gasteiger partial charge in [-0.3, -0.25) is 9.59 Å². The van der Waals surface area contributed by atoms with E-state index in [0.717, 1.165) is 19.4 Å². The number of nitrogens with one attached hydrogen (secondary N) is 1. The number of nitrogens with zero attached hydrogens (tertiary/aromatic N) is 1. The van der Waals surface area contributed by atoms with Crippen molar-refractivity contribution in [1.29, 1.82) is 0 Å². The van der Waals surface area contributed by atoms with E-state index in [9.17, 15) is 9.59 Å². The predicted octanol–water partition coefficient (Wildman–Crippen LogP) is 6.05. The second kappa shape index (κ2) is 9.49. The summed E-state index contributed by atoms with van der Waals surface area (Å²) in [6, 6.07) is 10.2. The molecule has 2 aromatic rings. The van der Waals surface area contributed by atoms with Gasteiger partial charge in [-0.1, -0.05) is 36.0 Å². The number of fused-ring (bicyclic) bond motifs is 1. The van der Waals surface area contributed by atoms with Crippen molar-refractivity contribution >= 4 is 40.7 Å². The molecule has 0 aromatic heterocycles. The number of carbonyl (C=O) groups excluding carboxylic acids is 2. The first kappa shape index (κ1) is 22.0. The fourth-order valence-electron chi connectivity index (χ4n) is 4.85. The Morgan fingerprint density at radius 3 is 2.52 bits per heavy atom. The fourth-order valence-corrected chi connectivity index (χ4v) is 5.34. The van der Waals surface area contributed by atoms with E-state index in [-0.39, 0.29) is 16.8 Å². The highest BCUT2D eigenvalue weighted by Crippen LogP contribution is 2.37. The molecule has 2 amide bonds. The van der Waals surface area contributed by atoms with Crippen molar-refractivity contribution in [2.45, 2.75) is 44.6 Å². The molecule has 2 aliphatic rings. The molecule has 31 heavy (non-hydrogen) atoms. The molecule has 5 nitrogen and oxygen atoms in total. The third-order valence-electron chi connectivity index (χ3n) is 6.37. The molecule has 164 valence electrons. The van der Waals surface area contributed by atoms with Gasteiger partial charge in [-0.25, -0.2) is 0 Å². The third-order valence-corrected chi connectivity index (χ3v) is 6.92. The standard InChI is InChI=1S/C24H26Cl2N2O3/c1-31-22-14-17(27-23(29)18-10-8-16(25)13-20(18)26)9-11-19(22)24(30)28-12-4-6-15-5-2-3-7-21(15)28/h8-11,13-15,21H,2-7,12H2,1H3,(H,27,29)/t15-,21+/m1/s1. The summed E-state index contributed by atoms with van der Waals surface area (Å²) in [6.07, 6.45) is 6.99. The summed E-state index contributed by atoms with van der Waals surface area (Å²) in [5, 5.41) is 3.55. The van der Waals surface area contributed by atoms with Crippen LogP contribution in [0.3, 0.4) is 0 Å². The van der Waals surface area contributed by atoms with Crippen molar-refractivity contribution in [3.8, 4) is 5.75 Å². The maximum absolute atomic E-state index is 13.4. The Morgan fingerprint density at radius 2 is 1.74 bits per heavy atom. The zero-order valence-electron chi connectivity index (χ0n) is 17.5. The number of carbonyl (C=O) groups is 2. The van der Waals surface area contributed by atoms with Crippen LogP contribution in [0, 0.1) is 5.92 Å². The lowest BCUT2D eigenvalue weighted by Gasteiger charge is -2.44. The van der Waals surface area contributed by atoms with E-state index in [4.69, 9.17) is 27.9 Å². The van der Waals surface area contributed by atoms with Crippen molar-refractivity contribution in [1.82, 2.24) is 4.90 Å². The van der Waals surface area contributed by atoms with Crippen LogP contribution >= 0.6 is 23.2 Å². The number of anilines is 1. The quantitative estimate of drug-likeness (QED) is 0.603. The van der Waals surface area contributed by atoms with Gasteiger partial charge >= 0.3 is 0 Å². The van der Waals surface area contributed by atoms with E-state index in [1.54, 1.807) is 30.3 Å². The normalized spacial score (nSPS) is 20.7. The first-order chi connectivity index (χ1) is 15.0. The summed E-state index contributed by atoms with van der Waals surface area (Å²) in [7, 11) is 1.54. The summed E-state index contributed by atoms with van der Waals surface area (Å²) < 4.78 is 5.52. The molecule has 2 atom stereocenters. The van der Waals surface area contributed by atoms with Crippen molar-refractivity contribution in [3.05, 3.63) is 57.6 Å². The monoisotopic (exact) mass is 460 g/mol. The van der Waals surface area contributed by atoms with Crippen molar-refractivity contribution in [2.24, 2.45) is 5.92 Å². The average molecular weight is 461 g/mol. The molecule has 0 bridgehead atoms. The Morgan fingerprint density at radius 1 is 1.00 bits per heavy atom. The van der Waals surface area contributed by atoms with E-state index in [1.165, 1.54) is 38.9 Å². The molecule has 1 aliphatic carbocycles. The van der Waals surface area contributed by atoms with E-state index >= 15 is 0 Å². The van der Waals surface area contributed by atoms with Gasteiger partial charge in [-0.05, 0) is 61.9 Å². The largest absolute Gasteiger partial charge is 0.496 e. The van der Waals surface area contributed by atoms with E-state index in [1.807, 2.05) is 4.90 Å². The van der Waals surface area contributed by atoms with Crippen LogP contribution in [-0.2, 0) is 0 Å². The van der Waals surface area contributed by atoms with Crippen LogP contribution in [0.5, 0.6) is 5.75 Å². The Balaban J connectivity index is 1.54. The van der Waals surface area contributed by atoms with Gasteiger partial charge in [0.05, 0.1) is 23.3 Å². The Bertz CT molecular complexity index is 993. The van der Waals surface area contributed by atoms with E-state index < -0.39 is 0 Å². The fraction of sp³-hybridized carbons (Fsp3) is 0.417. The number of methoxy groups -OCH3 is 1. The smallest absolute Gasteiger partial charge is 0.257 e. The number of amides is 2. The summed E-state index contributed by atoms with van der Waals surface area (Å²) in [5.74, 6) is 0.707. The molecule has 1 aliphatic heterocycles. The maximum atomic E-state index is 13.4. The first-order valence-electron chi connectivity index (χ1n) is 10.7. The number of likely N-dealkylation sites (tertiary alicyclic amines) is 1. The van der Waals surface area contributed by atoms with Crippen molar-refractivity contribution in [2.75, 3.05) is 19.0 Å². The summed E-state index contributed by atoms with van der Waals surface area (Å²) in [6.45, 7) is 0.788. The summed E-state index contributed by atoms with van der Waals surface area (Å²) >= 11 is 12.0. The van der Waals surface area contributed by atoms with Crippen LogP contribution in [0.4, 0.5) is 5.69 Å². The SMILES string of the molecule is COc1cc(NC(=O)c2ccc(Cl)cc2Cl)ccc1C(=O)N1CCC[C@H]2CCCC[C@@H]21. The molecule has 2 fully saturated rings. The lowest BCUT2D eigenvalue weighted by molar-refractivity contribution is 0.0388. The van der Waals surface area contributed by atoms with Gasteiger partial charge in [0.15, 0.2) is 0 Å². The number of hydrogen-bond acceptors (Lipinski definition) is 3. The van der Waals surface area contributed by atoms with Crippen molar-refractivity contribution in [3.63, 3.8) is 0 Å². The van der Waals surface area contributed by atoms with Crippen LogP contribution in [0.2, 0.25) is 10.0 Å². The Kier molecular flexibility index (Phi) is 6.73. The second-order valence-corrected chi connectivity index (χ2v) is 9.09. The lowest BCUT2D eigenvalue weighted by Crippen LogP contribution is -2.49. The van der Waals surface area contributed by atoms with Gasteiger partial charge in [-0.15, -0.1) is 0 Å². The number of hydrogen-bond donors (Lipinski definition) is 1. The molecule has 1 N–H and O–H groups in total. The lowest BCUT2D eigenvalue weighted by atomic mass is 9.78. The molecule has 0 radical (unpaired) electrons. The number of halogens is 2. The third kappa shape index (κ3) is 4.68. The topological polar surface area (TPSA) is 58.6 Å². The highest BCUT2D eigenvalue weighted by molar-refractivity contribution is 6.37. The minimum absolute atomic E-state index is 0.00655. The number of ether oxygens (including phenoxy) is 1. The van der Waals surface area contributed by atoms with Gasteiger partial charge in [-0.2, -0.15) is 0 Å². The molecule has 0 spiro atoms. The molecular formula is C24H26Cl2N2O3. The van der Waals surface area contributed by atoms with Crippen molar-refractivity contribution < 1.29 is 14.3 Å². The van der Waals surface area contributed by atoms with E-state index in [2.05, 4.69) is 5.32 Å². The molecule has 1 saturated heterocycles. The predicted molar refractivity (Wildman–Crippen MR) is 123 cm³/mol. The molecule has 1 saturated carbocycles. The van der Waals surface area contributed by atoms with Gasteiger partial charge in [0, 0.05) is 29.4 Å². The van der Waals surface area contributed by atoms with Crippen LogP contribution in [0.25, 0.3) is 0 Å². The average Bonchev–Trinajstić information content (AvgIpc) is 2.78. The highest BCUT2D eigenvalue weighted by Gasteiger charge is 2.36. The number of benzene rings is 2. The molecule has 7 heteroatoms. The molecule has 0 unspecified atom stereocenters. The Labute approximate surface area is 192 Å². The van der Waals surface area contributed by atoms with Gasteiger partial charge in [0.2, 0.25) is 0 Å². The minimum Gasteiger partial charge on any atom is -0.496 e. The number of rotatable bonds is 4. The summed E-state index contributed by atoms with van der Waals surface area (Å²) in [4.78, 5) is 28.0. The molecular weight excluding hydrogens is 435 g/mol. The zero-order valence-corrected chi connectivity index (χ0v) is 19.0. The van der Waals surface area contributed by atoms with Gasteiger partial charge in [0.1, 0.15) is 5.75 Å². The van der Waals surface area contributed by atoms with Gasteiger partial charge < -0.3 is 15.0 Å². The van der Waals surface area contributed by atoms with E-state index in [0.29, 0.717) is 39.5 Å². The first-order valence-corrected chi connectivity index (χ1v) is 11.5. The van der Waals surface area contributed by atoms with Crippen LogP contribution in [0.15, 0.2) is 36.4 Å². The van der Waals surface area contributed by atoms with Crippen LogP contribution in [0.1, 0.15) is 59.2 Å². The highest BCUT2D eigenvalue weighted by atomic mass is 35.5. The van der Waals surface area contributed by atoms with Crippen LogP contribution < -0.4 is 10.1 Å². The summed E-state index contributed by atoms with van der Waals surface area (Å²) in [5.41, 5.74) is 1.37. The maximum Gasteiger partial charge on any atom is 0.257 e. The molecule has 4 rings (SSSR count). The Hall–Kier alpha value is -2.24. The van der Waals surface area contributed by atoms with Gasteiger partial charge in [0.25, 0.3) is 11.8 Å². The van der Waals surface area contributed by atoms with Crippen LogP contribution in [-0.4, -0.2) is 36.4 Å². The molecule has 1 heterocycles. The second-order valence-electron chi connectivity index (χ2n) is 8.25.